The lowest BCUT2D eigenvalue weighted by Crippen LogP contribution is -2.48. The fourth-order valence-electron chi connectivity index (χ4n) is 2.64. The molecule has 0 aromatic rings. The molecule has 0 aliphatic heterocycles. The van der Waals surface area contributed by atoms with Gasteiger partial charge in [-0.15, -0.1) is 0 Å². The van der Waals surface area contributed by atoms with E-state index in [1.54, 1.807) is 0 Å². The van der Waals surface area contributed by atoms with Gasteiger partial charge in [0.05, 0.1) is 6.61 Å². The predicted octanol–water partition coefficient (Wildman–Crippen LogP) is 2.43. The molecular formula is C16H32N2O3. The second-order valence-electron chi connectivity index (χ2n) is 7.39. The Morgan fingerprint density at radius 2 is 1.71 bits per heavy atom. The average molecular weight is 300 g/mol. The third-order valence-electron chi connectivity index (χ3n) is 3.90. The summed E-state index contributed by atoms with van der Waals surface area (Å²) in [5.74, 6) is 0.424. The maximum Gasteiger partial charge on any atom is 0.407 e. The lowest BCUT2D eigenvalue weighted by Gasteiger charge is -2.33. The van der Waals surface area contributed by atoms with E-state index < -0.39 is 5.60 Å². The van der Waals surface area contributed by atoms with Crippen LogP contribution in [0.15, 0.2) is 0 Å². The van der Waals surface area contributed by atoms with Gasteiger partial charge < -0.3 is 20.5 Å². The molecule has 3 N–H and O–H groups in total. The molecular weight excluding hydrogens is 268 g/mol. The highest BCUT2D eigenvalue weighted by molar-refractivity contribution is 5.68. The third-order valence-corrected chi connectivity index (χ3v) is 3.90. The topological polar surface area (TPSA) is 70.6 Å². The SMILES string of the molecule is CC(C)C(CO)NC1CCC(NC(=O)OC(C)(C)C)CC1. The summed E-state index contributed by atoms with van der Waals surface area (Å²) in [6.45, 7) is 10.0. The fourth-order valence-corrected chi connectivity index (χ4v) is 2.64. The van der Waals surface area contributed by atoms with Crippen molar-refractivity contribution in [1.29, 1.82) is 0 Å². The molecule has 0 bridgehead atoms. The number of carbonyl (C=O) groups excluding carboxylic acids is 1. The van der Waals surface area contributed by atoms with Crippen LogP contribution in [0.3, 0.4) is 0 Å². The summed E-state index contributed by atoms with van der Waals surface area (Å²) >= 11 is 0. The summed E-state index contributed by atoms with van der Waals surface area (Å²) in [6, 6.07) is 0.788. The minimum atomic E-state index is -0.450. The zero-order valence-corrected chi connectivity index (χ0v) is 14.1. The van der Waals surface area contributed by atoms with Crippen molar-refractivity contribution in [2.45, 2.75) is 84.0 Å². The molecule has 0 radical (unpaired) electrons. The molecule has 0 aromatic carbocycles. The van der Waals surface area contributed by atoms with Crippen molar-refractivity contribution in [1.82, 2.24) is 10.6 Å². The molecule has 21 heavy (non-hydrogen) atoms. The second-order valence-corrected chi connectivity index (χ2v) is 7.39. The normalized spacial score (nSPS) is 24.7. The molecule has 0 aromatic heterocycles. The number of carbonyl (C=O) groups is 1. The van der Waals surface area contributed by atoms with Crippen LogP contribution in [0.25, 0.3) is 0 Å². The number of aliphatic hydroxyl groups excluding tert-OH is 1. The molecule has 5 heteroatoms. The van der Waals surface area contributed by atoms with Gasteiger partial charge >= 0.3 is 6.09 Å². The van der Waals surface area contributed by atoms with Gasteiger partial charge in [0.25, 0.3) is 0 Å². The maximum atomic E-state index is 11.7. The van der Waals surface area contributed by atoms with Gasteiger partial charge in [-0.2, -0.15) is 0 Å². The Morgan fingerprint density at radius 1 is 1.19 bits per heavy atom. The second kappa shape index (κ2) is 7.99. The average Bonchev–Trinajstić information content (AvgIpc) is 2.35. The minimum absolute atomic E-state index is 0.158. The Bertz CT molecular complexity index is 318. The van der Waals surface area contributed by atoms with Crippen LogP contribution in [0, 0.1) is 5.92 Å². The van der Waals surface area contributed by atoms with Crippen LogP contribution < -0.4 is 10.6 Å². The van der Waals surface area contributed by atoms with Crippen LogP contribution in [0.5, 0.6) is 0 Å². The van der Waals surface area contributed by atoms with Crippen LogP contribution in [-0.4, -0.2) is 41.5 Å². The number of hydrogen-bond acceptors (Lipinski definition) is 4. The molecule has 1 atom stereocenters. The first kappa shape index (κ1) is 18.2. The Morgan fingerprint density at radius 3 is 2.14 bits per heavy atom. The highest BCUT2D eigenvalue weighted by atomic mass is 16.6. The van der Waals surface area contributed by atoms with E-state index in [-0.39, 0.29) is 24.8 Å². The molecule has 1 aliphatic rings. The number of rotatable bonds is 5. The molecule has 1 aliphatic carbocycles. The Hall–Kier alpha value is -0.810. The monoisotopic (exact) mass is 300 g/mol. The van der Waals surface area contributed by atoms with Crippen molar-refractivity contribution >= 4 is 6.09 Å². The van der Waals surface area contributed by atoms with Crippen LogP contribution in [0.4, 0.5) is 4.79 Å². The molecule has 1 amide bonds. The summed E-state index contributed by atoms with van der Waals surface area (Å²) in [7, 11) is 0. The van der Waals surface area contributed by atoms with Crippen molar-refractivity contribution in [3.8, 4) is 0 Å². The fraction of sp³-hybridized carbons (Fsp3) is 0.938. The number of hydrogen-bond donors (Lipinski definition) is 3. The summed E-state index contributed by atoms with van der Waals surface area (Å²) in [4.78, 5) is 11.7. The lowest BCUT2D eigenvalue weighted by molar-refractivity contribution is 0.0488. The highest BCUT2D eigenvalue weighted by Gasteiger charge is 2.26. The van der Waals surface area contributed by atoms with Gasteiger partial charge in [-0.05, 0) is 52.4 Å². The number of alkyl carbamates (subject to hydrolysis) is 1. The van der Waals surface area contributed by atoms with E-state index in [0.717, 1.165) is 25.7 Å². The molecule has 0 heterocycles. The lowest BCUT2D eigenvalue weighted by atomic mass is 9.90. The summed E-state index contributed by atoms with van der Waals surface area (Å²) in [5.41, 5.74) is -0.450. The Kier molecular flexibility index (Phi) is 6.94. The molecule has 1 fully saturated rings. The van der Waals surface area contributed by atoms with Crippen molar-refractivity contribution in [3.63, 3.8) is 0 Å². The molecule has 0 saturated heterocycles. The van der Waals surface area contributed by atoms with Gasteiger partial charge in [0.1, 0.15) is 5.60 Å². The van der Waals surface area contributed by atoms with Gasteiger partial charge in [-0.3, -0.25) is 0 Å². The number of amides is 1. The van der Waals surface area contributed by atoms with Gasteiger partial charge in [0, 0.05) is 18.1 Å². The first-order valence-corrected chi connectivity index (χ1v) is 8.07. The highest BCUT2D eigenvalue weighted by Crippen LogP contribution is 2.20. The van der Waals surface area contributed by atoms with E-state index in [4.69, 9.17) is 4.74 Å². The molecule has 5 nitrogen and oxygen atoms in total. The van der Waals surface area contributed by atoms with Gasteiger partial charge in [0.15, 0.2) is 0 Å². The van der Waals surface area contributed by atoms with Crippen LogP contribution in [0.2, 0.25) is 0 Å². The standard InChI is InChI=1S/C16H32N2O3/c1-11(2)14(10-19)17-12-6-8-13(9-7-12)18-15(20)21-16(3,4)5/h11-14,17,19H,6-10H2,1-5H3,(H,18,20). The Balaban J connectivity index is 2.30. The molecule has 0 spiro atoms. The zero-order valence-electron chi connectivity index (χ0n) is 14.1. The molecule has 1 rings (SSSR count). The van der Waals surface area contributed by atoms with Crippen molar-refractivity contribution < 1.29 is 14.6 Å². The van der Waals surface area contributed by atoms with E-state index in [0.29, 0.717) is 12.0 Å². The summed E-state index contributed by atoms with van der Waals surface area (Å²) in [5, 5.41) is 15.8. The zero-order chi connectivity index (χ0) is 16.0. The molecule has 1 unspecified atom stereocenters. The van der Waals surface area contributed by atoms with Crippen LogP contribution >= 0.6 is 0 Å². The van der Waals surface area contributed by atoms with E-state index in [1.165, 1.54) is 0 Å². The smallest absolute Gasteiger partial charge is 0.407 e. The Labute approximate surface area is 128 Å². The number of ether oxygens (including phenoxy) is 1. The number of nitrogens with one attached hydrogen (secondary N) is 2. The van der Waals surface area contributed by atoms with E-state index in [2.05, 4.69) is 24.5 Å². The van der Waals surface area contributed by atoms with E-state index in [1.807, 2.05) is 20.8 Å². The molecule has 124 valence electrons. The van der Waals surface area contributed by atoms with Crippen LogP contribution in [0.1, 0.15) is 60.3 Å². The first-order valence-electron chi connectivity index (χ1n) is 8.07. The third kappa shape index (κ3) is 7.14. The van der Waals surface area contributed by atoms with Gasteiger partial charge in [-0.25, -0.2) is 4.79 Å². The van der Waals surface area contributed by atoms with E-state index in [9.17, 15) is 9.90 Å². The quantitative estimate of drug-likeness (QED) is 0.729. The predicted molar refractivity (Wildman–Crippen MR) is 84.3 cm³/mol. The van der Waals surface area contributed by atoms with Gasteiger partial charge in [-0.1, -0.05) is 13.8 Å². The van der Waals surface area contributed by atoms with E-state index >= 15 is 0 Å². The van der Waals surface area contributed by atoms with Crippen molar-refractivity contribution in [2.24, 2.45) is 5.92 Å². The summed E-state index contributed by atoms with van der Waals surface area (Å²) in [6.07, 6.45) is 3.61. The molecule has 1 saturated carbocycles. The largest absolute Gasteiger partial charge is 0.444 e. The summed E-state index contributed by atoms with van der Waals surface area (Å²) < 4.78 is 5.28. The number of aliphatic hydroxyl groups is 1. The maximum absolute atomic E-state index is 11.7. The van der Waals surface area contributed by atoms with Crippen LogP contribution in [-0.2, 0) is 4.74 Å². The van der Waals surface area contributed by atoms with Crippen molar-refractivity contribution in [2.75, 3.05) is 6.61 Å². The first-order chi connectivity index (χ1) is 9.71. The van der Waals surface area contributed by atoms with Gasteiger partial charge in [0.2, 0.25) is 0 Å². The van der Waals surface area contributed by atoms with Crippen molar-refractivity contribution in [3.05, 3.63) is 0 Å². The minimum Gasteiger partial charge on any atom is -0.444 e.